The number of rotatable bonds is 4. The van der Waals surface area contributed by atoms with Gasteiger partial charge >= 0.3 is 6.18 Å². The Bertz CT molecular complexity index is 1060. The van der Waals surface area contributed by atoms with Crippen molar-refractivity contribution in [3.8, 4) is 6.07 Å². The number of nitrogens with zero attached hydrogens (tertiary/aromatic N) is 3. The number of amides is 2. The Balaban J connectivity index is 1.71. The van der Waals surface area contributed by atoms with Crippen LogP contribution in [0.25, 0.3) is 0 Å². The van der Waals surface area contributed by atoms with Gasteiger partial charge in [0.05, 0.1) is 6.42 Å². The van der Waals surface area contributed by atoms with E-state index in [0.29, 0.717) is 30.2 Å². The molecule has 2 N–H and O–H groups in total. The third-order valence-electron chi connectivity index (χ3n) is 5.06. The minimum absolute atomic E-state index is 0.00823. The average Bonchev–Trinajstić information content (AvgIpc) is 2.71. The number of fused-ring (bicyclic) bond motifs is 1. The van der Waals surface area contributed by atoms with Crippen molar-refractivity contribution in [1.82, 2.24) is 9.88 Å². The number of alkyl halides is 3. The lowest BCUT2D eigenvalue weighted by Gasteiger charge is -2.35. The van der Waals surface area contributed by atoms with Gasteiger partial charge in [-0.05, 0) is 42.2 Å². The van der Waals surface area contributed by atoms with Crippen molar-refractivity contribution in [2.45, 2.75) is 38.1 Å². The van der Waals surface area contributed by atoms with E-state index in [2.05, 4.69) is 10.3 Å². The van der Waals surface area contributed by atoms with E-state index < -0.39 is 17.7 Å². The number of benzene rings is 1. The molecule has 0 saturated carbocycles. The molecular formula is C21H19F3N4O3. The van der Waals surface area contributed by atoms with E-state index in [1.54, 1.807) is 24.3 Å². The summed E-state index contributed by atoms with van der Waals surface area (Å²) in [4.78, 5) is 29.4. The first-order chi connectivity index (χ1) is 14.5. The van der Waals surface area contributed by atoms with Crippen molar-refractivity contribution >= 4 is 17.5 Å². The van der Waals surface area contributed by atoms with E-state index in [0.717, 1.165) is 10.5 Å². The number of carbonyl (C=O) groups excluding carboxylic acids is 2. The highest BCUT2D eigenvalue weighted by atomic mass is 19.4. The second kappa shape index (κ2) is 8.35. The third-order valence-corrected chi connectivity index (χ3v) is 5.06. The zero-order valence-electron chi connectivity index (χ0n) is 16.5. The first kappa shape index (κ1) is 22.2. The topological polar surface area (TPSA) is 106 Å². The Labute approximate surface area is 176 Å². The van der Waals surface area contributed by atoms with Crippen LogP contribution >= 0.6 is 0 Å². The van der Waals surface area contributed by atoms with Crippen LogP contribution in [0.3, 0.4) is 0 Å². The lowest BCUT2D eigenvalue weighted by Crippen LogP contribution is -2.56. The first-order valence-corrected chi connectivity index (χ1v) is 9.36. The predicted molar refractivity (Wildman–Crippen MR) is 104 cm³/mol. The standard InChI is InChI=1S/C21H19F3N4O3/c1-20(31,21(22,23)24)19(30)28-7-5-14-3-2-13(8-15(14)12-28)9-18(29)27-16-4-6-26-17(10-16)11-25/h2-4,6,8,10,31H,5,7,9,12H2,1H3,(H,26,27,29). The lowest BCUT2D eigenvalue weighted by molar-refractivity contribution is -0.250. The van der Waals surface area contributed by atoms with Crippen molar-refractivity contribution in [3.63, 3.8) is 0 Å². The number of nitrogens with one attached hydrogen (secondary N) is 1. The third kappa shape index (κ3) is 4.83. The number of halogens is 3. The number of nitriles is 1. The fraction of sp³-hybridized carbons (Fsp3) is 0.333. The molecule has 1 aromatic carbocycles. The van der Waals surface area contributed by atoms with Gasteiger partial charge in [-0.1, -0.05) is 18.2 Å². The molecule has 1 aliphatic heterocycles. The van der Waals surface area contributed by atoms with Crippen molar-refractivity contribution in [1.29, 1.82) is 5.26 Å². The van der Waals surface area contributed by atoms with Gasteiger partial charge in [0.2, 0.25) is 11.5 Å². The molecule has 0 radical (unpaired) electrons. The second-order valence-electron chi connectivity index (χ2n) is 7.42. The monoisotopic (exact) mass is 432 g/mol. The maximum absolute atomic E-state index is 13.0. The Morgan fingerprint density at radius 1 is 1.26 bits per heavy atom. The fourth-order valence-electron chi connectivity index (χ4n) is 3.28. The van der Waals surface area contributed by atoms with Crippen molar-refractivity contribution in [2.24, 2.45) is 0 Å². The summed E-state index contributed by atoms with van der Waals surface area (Å²) in [5, 5.41) is 21.2. The minimum Gasteiger partial charge on any atom is -0.373 e. The van der Waals surface area contributed by atoms with Crippen LogP contribution in [0.1, 0.15) is 29.3 Å². The van der Waals surface area contributed by atoms with E-state index in [9.17, 15) is 27.9 Å². The highest BCUT2D eigenvalue weighted by Gasteiger charge is 2.57. The SMILES string of the molecule is CC(O)(C(=O)N1CCc2ccc(CC(=O)Nc3ccnc(C#N)c3)cc2C1)C(F)(F)F. The van der Waals surface area contributed by atoms with Crippen LogP contribution in [0.2, 0.25) is 0 Å². The molecule has 0 bridgehead atoms. The van der Waals surface area contributed by atoms with Gasteiger partial charge in [-0.25, -0.2) is 4.98 Å². The molecule has 31 heavy (non-hydrogen) atoms. The molecule has 0 aliphatic carbocycles. The van der Waals surface area contributed by atoms with Crippen LogP contribution in [0, 0.1) is 11.3 Å². The summed E-state index contributed by atoms with van der Waals surface area (Å²) in [7, 11) is 0. The molecule has 3 rings (SSSR count). The molecule has 0 saturated heterocycles. The maximum atomic E-state index is 13.0. The lowest BCUT2D eigenvalue weighted by atomic mass is 9.94. The molecule has 10 heteroatoms. The molecule has 1 atom stereocenters. The van der Waals surface area contributed by atoms with E-state index in [-0.39, 0.29) is 31.1 Å². The number of hydrogen-bond acceptors (Lipinski definition) is 5. The summed E-state index contributed by atoms with van der Waals surface area (Å²) in [6, 6.07) is 10.0. The van der Waals surface area contributed by atoms with Gasteiger partial charge in [0, 0.05) is 25.0 Å². The van der Waals surface area contributed by atoms with E-state index in [4.69, 9.17) is 5.26 Å². The number of aromatic nitrogens is 1. The molecule has 2 amide bonds. The van der Waals surface area contributed by atoms with Crippen LogP contribution in [-0.4, -0.2) is 45.1 Å². The Hall–Kier alpha value is -3.45. The number of anilines is 1. The van der Waals surface area contributed by atoms with Crippen LogP contribution in [0.5, 0.6) is 0 Å². The Morgan fingerprint density at radius 3 is 2.68 bits per heavy atom. The summed E-state index contributed by atoms with van der Waals surface area (Å²) in [5.41, 5.74) is -0.782. The van der Waals surface area contributed by atoms with Gasteiger partial charge in [0.15, 0.2) is 0 Å². The predicted octanol–water partition coefficient (Wildman–Crippen LogP) is 2.33. The zero-order valence-corrected chi connectivity index (χ0v) is 16.5. The fourth-order valence-corrected chi connectivity index (χ4v) is 3.28. The van der Waals surface area contributed by atoms with Crippen molar-refractivity contribution in [2.75, 3.05) is 11.9 Å². The minimum atomic E-state index is -5.08. The van der Waals surface area contributed by atoms with Gasteiger partial charge in [-0.2, -0.15) is 18.4 Å². The van der Waals surface area contributed by atoms with Crippen LogP contribution in [0.15, 0.2) is 36.5 Å². The quantitative estimate of drug-likeness (QED) is 0.772. The van der Waals surface area contributed by atoms with Crippen LogP contribution < -0.4 is 5.32 Å². The largest absolute Gasteiger partial charge is 0.426 e. The Morgan fingerprint density at radius 2 is 2.00 bits per heavy atom. The van der Waals surface area contributed by atoms with Gasteiger partial charge < -0.3 is 15.3 Å². The molecular weight excluding hydrogens is 413 g/mol. The number of carbonyl (C=O) groups is 2. The van der Waals surface area contributed by atoms with Gasteiger partial charge in [-0.3, -0.25) is 9.59 Å². The highest BCUT2D eigenvalue weighted by molar-refractivity contribution is 5.92. The first-order valence-electron chi connectivity index (χ1n) is 9.36. The van der Waals surface area contributed by atoms with E-state index in [1.807, 2.05) is 6.07 Å². The number of pyridine rings is 1. The molecule has 1 aromatic heterocycles. The molecule has 2 heterocycles. The molecule has 0 spiro atoms. The van der Waals surface area contributed by atoms with E-state index >= 15 is 0 Å². The summed E-state index contributed by atoms with van der Waals surface area (Å²) in [6.07, 6.45) is -3.35. The van der Waals surface area contributed by atoms with Gasteiger partial charge in [0.25, 0.3) is 5.91 Å². The van der Waals surface area contributed by atoms with Gasteiger partial charge in [-0.15, -0.1) is 0 Å². The maximum Gasteiger partial charge on any atom is 0.426 e. The summed E-state index contributed by atoms with van der Waals surface area (Å²) >= 11 is 0. The second-order valence-corrected chi connectivity index (χ2v) is 7.42. The summed E-state index contributed by atoms with van der Waals surface area (Å²) in [6.45, 7) is 0.412. The smallest absolute Gasteiger partial charge is 0.373 e. The molecule has 1 unspecified atom stereocenters. The molecule has 162 valence electrons. The highest BCUT2D eigenvalue weighted by Crippen LogP contribution is 2.33. The molecule has 0 fully saturated rings. The number of hydrogen-bond donors (Lipinski definition) is 2. The normalized spacial score (nSPS) is 15.4. The Kier molecular flexibility index (Phi) is 5.99. The van der Waals surface area contributed by atoms with Crippen molar-refractivity contribution < 1.29 is 27.9 Å². The molecule has 7 nitrogen and oxygen atoms in total. The number of aliphatic hydroxyl groups is 1. The van der Waals surface area contributed by atoms with Crippen LogP contribution in [-0.2, 0) is 29.0 Å². The summed E-state index contributed by atoms with van der Waals surface area (Å²) < 4.78 is 39.0. The van der Waals surface area contributed by atoms with Crippen LogP contribution in [0.4, 0.5) is 18.9 Å². The van der Waals surface area contributed by atoms with Gasteiger partial charge in [0.1, 0.15) is 11.8 Å². The zero-order chi connectivity index (χ0) is 22.8. The molecule has 1 aliphatic rings. The molecule has 2 aromatic rings. The summed E-state index contributed by atoms with van der Waals surface area (Å²) in [5.74, 6) is -1.75. The average molecular weight is 432 g/mol. The van der Waals surface area contributed by atoms with Crippen molar-refractivity contribution in [3.05, 3.63) is 58.9 Å². The van der Waals surface area contributed by atoms with E-state index in [1.165, 1.54) is 12.3 Å².